The Balaban J connectivity index is 1.64. The Labute approximate surface area is 192 Å². The van der Waals surface area contributed by atoms with Crippen molar-refractivity contribution in [1.82, 2.24) is 4.57 Å². The predicted octanol–water partition coefficient (Wildman–Crippen LogP) is 6.90. The van der Waals surface area contributed by atoms with Gasteiger partial charge in [-0.3, -0.25) is 0 Å². The van der Waals surface area contributed by atoms with Gasteiger partial charge in [-0.15, -0.1) is 0 Å². The van der Waals surface area contributed by atoms with E-state index in [1.807, 2.05) is 61.7 Å². The Morgan fingerprint density at radius 3 is 2.56 bits per heavy atom. The zero-order valence-electron chi connectivity index (χ0n) is 18.4. The minimum atomic E-state index is -0.916. The van der Waals surface area contributed by atoms with Crippen LogP contribution in [0, 0.1) is 13.8 Å². The first kappa shape index (κ1) is 22.0. The van der Waals surface area contributed by atoms with Crippen molar-refractivity contribution in [1.29, 1.82) is 0 Å². The maximum absolute atomic E-state index is 12.2. The molecule has 166 valence electrons. The average molecular weight is 452 g/mol. The molecule has 0 spiro atoms. The van der Waals surface area contributed by atoms with Crippen LogP contribution in [0.25, 0.3) is 22.0 Å². The monoisotopic (exact) mass is 451 g/mol. The second kappa shape index (κ2) is 9.13. The number of fused-ring (bicyclic) bond motifs is 1. The zero-order chi connectivity index (χ0) is 22.8. The van der Waals surface area contributed by atoms with E-state index in [9.17, 15) is 9.90 Å². The highest BCUT2D eigenvalue weighted by Crippen LogP contribution is 2.35. The van der Waals surface area contributed by atoms with Gasteiger partial charge in [0, 0.05) is 28.1 Å². The third-order valence-corrected chi connectivity index (χ3v) is 6.38. The molecule has 0 fully saturated rings. The quantitative estimate of drug-likeness (QED) is 0.296. The van der Waals surface area contributed by atoms with Crippen LogP contribution in [0.5, 0.6) is 5.75 Å². The molecular weight excluding hydrogens is 426 g/mol. The first-order valence-corrected chi connectivity index (χ1v) is 11.1. The lowest BCUT2D eigenvalue weighted by molar-refractivity contribution is 0.0684. The number of hydrogen-bond acceptors (Lipinski definition) is 3. The number of carboxylic acids is 1. The molecule has 4 rings (SSSR count). The predicted molar refractivity (Wildman–Crippen MR) is 127 cm³/mol. The summed E-state index contributed by atoms with van der Waals surface area (Å²) in [5.74, 6) is -0.137. The Hall–Kier alpha value is -3.18. The third kappa shape index (κ3) is 4.00. The molecule has 2 heterocycles. The van der Waals surface area contributed by atoms with Crippen LogP contribution >= 0.6 is 11.6 Å². The number of ether oxygens (including phenoxy) is 1. The smallest absolute Gasteiger partial charge is 0.352 e. The van der Waals surface area contributed by atoms with Crippen molar-refractivity contribution in [2.24, 2.45) is 0 Å². The number of aromatic nitrogens is 1. The number of halogens is 1. The molecule has 0 saturated carbocycles. The summed E-state index contributed by atoms with van der Waals surface area (Å²) in [5.41, 5.74) is 5.97. The van der Waals surface area contributed by atoms with E-state index in [-0.39, 0.29) is 0 Å². The van der Waals surface area contributed by atoms with Crippen molar-refractivity contribution in [2.75, 3.05) is 6.61 Å². The fourth-order valence-corrected chi connectivity index (χ4v) is 4.48. The summed E-state index contributed by atoms with van der Waals surface area (Å²) in [6, 6.07) is 11.7. The molecular formula is C26H26ClNO4. The van der Waals surface area contributed by atoms with Crippen LogP contribution in [0.4, 0.5) is 0 Å². The van der Waals surface area contributed by atoms with Crippen molar-refractivity contribution in [3.8, 4) is 16.9 Å². The van der Waals surface area contributed by atoms with Crippen LogP contribution in [-0.4, -0.2) is 22.2 Å². The molecule has 32 heavy (non-hydrogen) atoms. The molecule has 0 aliphatic rings. The zero-order valence-corrected chi connectivity index (χ0v) is 19.2. The summed E-state index contributed by atoms with van der Waals surface area (Å²) in [6.45, 7) is 6.93. The third-order valence-electron chi connectivity index (χ3n) is 5.79. The lowest BCUT2D eigenvalue weighted by Crippen LogP contribution is -2.10. The van der Waals surface area contributed by atoms with E-state index in [0.717, 1.165) is 49.5 Å². The van der Waals surface area contributed by atoms with E-state index in [0.29, 0.717) is 31.7 Å². The minimum absolute atomic E-state index is 0.344. The Kier molecular flexibility index (Phi) is 6.28. The molecule has 0 atom stereocenters. The molecule has 0 amide bonds. The van der Waals surface area contributed by atoms with E-state index < -0.39 is 5.97 Å². The van der Waals surface area contributed by atoms with E-state index in [4.69, 9.17) is 20.8 Å². The number of nitrogens with zero attached hydrogens (tertiary/aromatic N) is 1. The van der Waals surface area contributed by atoms with Crippen molar-refractivity contribution in [3.05, 3.63) is 76.3 Å². The van der Waals surface area contributed by atoms with Gasteiger partial charge in [0.15, 0.2) is 0 Å². The molecule has 1 N–H and O–H groups in total. The number of para-hydroxylation sites is 1. The number of benzene rings is 2. The first-order valence-electron chi connectivity index (χ1n) is 10.7. The second-order valence-corrected chi connectivity index (χ2v) is 8.29. The van der Waals surface area contributed by atoms with Crippen LogP contribution in [0.15, 0.2) is 53.3 Å². The van der Waals surface area contributed by atoms with Crippen LogP contribution in [0.3, 0.4) is 0 Å². The molecule has 0 unspecified atom stereocenters. The fraction of sp³-hybridized carbons (Fsp3) is 0.269. The van der Waals surface area contributed by atoms with Crippen molar-refractivity contribution in [2.45, 2.75) is 40.2 Å². The molecule has 6 heteroatoms. The average Bonchev–Trinajstić information content (AvgIpc) is 3.41. The summed E-state index contributed by atoms with van der Waals surface area (Å²) in [6.07, 6.45) is 4.61. The topological polar surface area (TPSA) is 64.6 Å². The number of aryl methyl sites for hydroxylation is 4. The summed E-state index contributed by atoms with van der Waals surface area (Å²) < 4.78 is 13.1. The Bertz CT molecular complexity index is 1250. The summed E-state index contributed by atoms with van der Waals surface area (Å²) in [7, 11) is 0. The SMILES string of the molecule is CCn1c(C(=O)O)c(CCCOc2cc(C)c(Cl)c(C)c2)c2cccc(-c3ccoc3)c21. The maximum Gasteiger partial charge on any atom is 0.352 e. The van der Waals surface area contributed by atoms with Crippen LogP contribution in [0.1, 0.15) is 40.5 Å². The number of carbonyl (C=O) groups is 1. The summed E-state index contributed by atoms with van der Waals surface area (Å²) in [4.78, 5) is 12.2. The number of hydrogen-bond donors (Lipinski definition) is 1. The molecule has 5 nitrogen and oxygen atoms in total. The Morgan fingerprint density at radius 1 is 1.19 bits per heavy atom. The lowest BCUT2D eigenvalue weighted by atomic mass is 10.0. The van der Waals surface area contributed by atoms with Crippen molar-refractivity contribution >= 4 is 28.5 Å². The highest BCUT2D eigenvalue weighted by atomic mass is 35.5. The van der Waals surface area contributed by atoms with Crippen LogP contribution in [0.2, 0.25) is 5.02 Å². The maximum atomic E-state index is 12.2. The molecule has 2 aromatic heterocycles. The second-order valence-electron chi connectivity index (χ2n) is 7.91. The molecule has 0 bridgehead atoms. The molecule has 0 aliphatic heterocycles. The van der Waals surface area contributed by atoms with Crippen LogP contribution < -0.4 is 4.74 Å². The summed E-state index contributed by atoms with van der Waals surface area (Å²) in [5, 5.41) is 11.8. The van der Waals surface area contributed by atoms with Crippen LogP contribution in [-0.2, 0) is 13.0 Å². The van der Waals surface area contributed by atoms with E-state index in [1.165, 1.54) is 0 Å². The van der Waals surface area contributed by atoms with E-state index in [1.54, 1.807) is 12.5 Å². The van der Waals surface area contributed by atoms with E-state index in [2.05, 4.69) is 0 Å². The minimum Gasteiger partial charge on any atom is -0.494 e. The van der Waals surface area contributed by atoms with Gasteiger partial charge in [0.1, 0.15) is 11.4 Å². The van der Waals surface area contributed by atoms with Gasteiger partial charge in [0.05, 0.1) is 24.6 Å². The van der Waals surface area contributed by atoms with Gasteiger partial charge in [0.2, 0.25) is 0 Å². The van der Waals surface area contributed by atoms with Crippen molar-refractivity contribution in [3.63, 3.8) is 0 Å². The first-order chi connectivity index (χ1) is 15.4. The Morgan fingerprint density at radius 2 is 1.94 bits per heavy atom. The highest BCUT2D eigenvalue weighted by molar-refractivity contribution is 6.32. The highest BCUT2D eigenvalue weighted by Gasteiger charge is 2.23. The largest absolute Gasteiger partial charge is 0.494 e. The van der Waals surface area contributed by atoms with Gasteiger partial charge in [-0.1, -0.05) is 29.8 Å². The van der Waals surface area contributed by atoms with Gasteiger partial charge >= 0.3 is 5.97 Å². The van der Waals surface area contributed by atoms with Crippen molar-refractivity contribution < 1.29 is 19.1 Å². The number of furan rings is 1. The van der Waals surface area contributed by atoms with Gasteiger partial charge in [0.25, 0.3) is 0 Å². The van der Waals surface area contributed by atoms with Gasteiger partial charge in [-0.2, -0.15) is 0 Å². The molecule has 0 radical (unpaired) electrons. The number of aromatic carboxylic acids is 1. The van der Waals surface area contributed by atoms with Gasteiger partial charge < -0.3 is 18.8 Å². The summed E-state index contributed by atoms with van der Waals surface area (Å²) >= 11 is 6.24. The molecule has 0 aliphatic carbocycles. The molecule has 4 aromatic rings. The van der Waals surface area contributed by atoms with E-state index >= 15 is 0 Å². The fourth-order valence-electron chi connectivity index (χ4n) is 4.37. The van der Waals surface area contributed by atoms with Gasteiger partial charge in [-0.05, 0) is 68.5 Å². The number of carboxylic acid groups (broad SMARTS) is 1. The molecule has 0 saturated heterocycles. The normalized spacial score (nSPS) is 11.2. The molecule has 2 aromatic carbocycles. The van der Waals surface area contributed by atoms with Gasteiger partial charge in [-0.25, -0.2) is 4.79 Å². The lowest BCUT2D eigenvalue weighted by Gasteiger charge is -2.10. The number of rotatable bonds is 8. The standard InChI is InChI=1S/C26H26ClNO4/c1-4-28-24-20(18-10-12-31-15-18)7-5-8-21(24)22(25(28)26(29)30)9-6-11-32-19-13-16(2)23(27)17(3)14-19/h5,7-8,10,12-15H,4,6,9,11H2,1-3H3,(H,29,30).